The molecule has 18 heavy (non-hydrogen) atoms. The summed E-state index contributed by atoms with van der Waals surface area (Å²) in [4.78, 5) is 2.19. The van der Waals surface area contributed by atoms with Crippen LogP contribution < -0.4 is 10.1 Å². The van der Waals surface area contributed by atoms with Crippen LogP contribution in [0.4, 0.5) is 0 Å². The van der Waals surface area contributed by atoms with E-state index in [1.54, 1.807) is 13.2 Å². The van der Waals surface area contributed by atoms with Crippen LogP contribution in [0.5, 0.6) is 11.5 Å². The number of rotatable bonds is 8. The van der Waals surface area contributed by atoms with E-state index in [2.05, 4.69) is 24.3 Å². The van der Waals surface area contributed by atoms with Gasteiger partial charge in [0, 0.05) is 18.2 Å². The molecule has 102 valence electrons. The number of unbranched alkanes of at least 4 members (excludes halogenated alkanes) is 1. The summed E-state index contributed by atoms with van der Waals surface area (Å²) in [5.41, 5.74) is 0.906. The summed E-state index contributed by atoms with van der Waals surface area (Å²) in [5.74, 6) is 0.970. The van der Waals surface area contributed by atoms with Crippen LogP contribution in [0.25, 0.3) is 0 Å². The van der Waals surface area contributed by atoms with E-state index in [4.69, 9.17) is 4.74 Å². The van der Waals surface area contributed by atoms with E-state index >= 15 is 0 Å². The number of benzene rings is 1. The van der Waals surface area contributed by atoms with Gasteiger partial charge < -0.3 is 20.1 Å². The zero-order chi connectivity index (χ0) is 13.4. The van der Waals surface area contributed by atoms with Gasteiger partial charge in [0.1, 0.15) is 11.5 Å². The molecule has 1 aromatic carbocycles. The first-order chi connectivity index (χ1) is 8.63. The molecule has 0 heterocycles. The summed E-state index contributed by atoms with van der Waals surface area (Å²) in [6.07, 6.45) is 2.34. The highest BCUT2D eigenvalue weighted by atomic mass is 16.5. The lowest BCUT2D eigenvalue weighted by Crippen LogP contribution is -2.18. The Hall–Kier alpha value is -1.26. The molecule has 0 saturated carbocycles. The van der Waals surface area contributed by atoms with Crippen molar-refractivity contribution in [1.29, 1.82) is 0 Å². The van der Waals surface area contributed by atoms with Crippen molar-refractivity contribution in [2.45, 2.75) is 19.4 Å². The maximum absolute atomic E-state index is 9.77. The molecule has 4 heteroatoms. The lowest BCUT2D eigenvalue weighted by molar-refractivity contribution is 0.391. The molecule has 2 N–H and O–H groups in total. The number of ether oxygens (including phenoxy) is 1. The van der Waals surface area contributed by atoms with Crippen LogP contribution >= 0.6 is 0 Å². The van der Waals surface area contributed by atoms with Gasteiger partial charge in [-0.25, -0.2) is 0 Å². The van der Waals surface area contributed by atoms with Gasteiger partial charge in [-0.1, -0.05) is 6.07 Å². The first-order valence-electron chi connectivity index (χ1n) is 6.35. The second kappa shape index (κ2) is 7.95. The molecule has 0 fully saturated rings. The molecule has 4 nitrogen and oxygen atoms in total. The number of hydrogen-bond donors (Lipinski definition) is 2. The summed E-state index contributed by atoms with van der Waals surface area (Å²) in [5, 5.41) is 13.1. The van der Waals surface area contributed by atoms with Crippen molar-refractivity contribution in [3.8, 4) is 11.5 Å². The fraction of sp³-hybridized carbons (Fsp3) is 0.571. The van der Waals surface area contributed by atoms with Crippen LogP contribution in [0.1, 0.15) is 18.4 Å². The van der Waals surface area contributed by atoms with E-state index < -0.39 is 0 Å². The van der Waals surface area contributed by atoms with Gasteiger partial charge in [0.2, 0.25) is 0 Å². The fourth-order valence-corrected chi connectivity index (χ4v) is 1.72. The van der Waals surface area contributed by atoms with E-state index in [0.29, 0.717) is 12.3 Å². The van der Waals surface area contributed by atoms with Crippen molar-refractivity contribution in [3.63, 3.8) is 0 Å². The predicted octanol–water partition coefficient (Wildman–Crippen LogP) is 1.83. The summed E-state index contributed by atoms with van der Waals surface area (Å²) in [6.45, 7) is 2.78. The lowest BCUT2D eigenvalue weighted by Gasteiger charge is -2.10. The minimum Gasteiger partial charge on any atom is -0.507 e. The molecule has 0 spiro atoms. The highest BCUT2D eigenvalue weighted by Crippen LogP contribution is 2.22. The zero-order valence-corrected chi connectivity index (χ0v) is 11.6. The summed E-state index contributed by atoms with van der Waals surface area (Å²) in [6, 6.07) is 5.40. The first-order valence-corrected chi connectivity index (χ1v) is 6.35. The highest BCUT2D eigenvalue weighted by molar-refractivity contribution is 5.39. The van der Waals surface area contributed by atoms with Crippen molar-refractivity contribution >= 4 is 0 Å². The smallest absolute Gasteiger partial charge is 0.123 e. The quantitative estimate of drug-likeness (QED) is 0.693. The Morgan fingerprint density at radius 3 is 2.67 bits per heavy atom. The number of phenolic OH excluding ortho intramolecular Hbond substituents is 1. The third-order valence-electron chi connectivity index (χ3n) is 2.82. The van der Waals surface area contributed by atoms with Gasteiger partial charge in [-0.15, -0.1) is 0 Å². The summed E-state index contributed by atoms with van der Waals surface area (Å²) in [7, 11) is 5.77. The normalized spacial score (nSPS) is 10.9. The van der Waals surface area contributed by atoms with E-state index in [-0.39, 0.29) is 5.75 Å². The summed E-state index contributed by atoms with van der Waals surface area (Å²) < 4.78 is 5.04. The topological polar surface area (TPSA) is 44.7 Å². The fourth-order valence-electron chi connectivity index (χ4n) is 1.72. The van der Waals surface area contributed by atoms with Gasteiger partial charge in [0.15, 0.2) is 0 Å². The third-order valence-corrected chi connectivity index (χ3v) is 2.82. The van der Waals surface area contributed by atoms with Crippen molar-refractivity contribution in [3.05, 3.63) is 23.8 Å². The number of phenols is 1. The van der Waals surface area contributed by atoms with E-state index in [1.165, 1.54) is 6.42 Å². The van der Waals surface area contributed by atoms with Crippen LogP contribution in [0, 0.1) is 0 Å². The molecule has 0 radical (unpaired) electrons. The van der Waals surface area contributed by atoms with E-state index in [1.807, 2.05) is 12.1 Å². The Morgan fingerprint density at radius 2 is 2.06 bits per heavy atom. The number of aromatic hydroxyl groups is 1. The SMILES string of the molecule is COc1ccc(CNCCCCN(C)C)c(O)c1. The molecule has 0 amide bonds. The molecule has 0 aromatic heterocycles. The van der Waals surface area contributed by atoms with Crippen LogP contribution in [0.3, 0.4) is 0 Å². The maximum atomic E-state index is 9.77. The van der Waals surface area contributed by atoms with Crippen LogP contribution in [-0.2, 0) is 6.54 Å². The third kappa shape index (κ3) is 5.38. The largest absolute Gasteiger partial charge is 0.507 e. The molecule has 0 aliphatic carbocycles. The van der Waals surface area contributed by atoms with Gasteiger partial charge in [0.25, 0.3) is 0 Å². The Kier molecular flexibility index (Phi) is 6.54. The average molecular weight is 252 g/mol. The Morgan fingerprint density at radius 1 is 1.28 bits per heavy atom. The molecule has 0 aliphatic heterocycles. The van der Waals surface area contributed by atoms with Crippen molar-refractivity contribution in [2.24, 2.45) is 0 Å². The number of hydrogen-bond acceptors (Lipinski definition) is 4. The van der Waals surface area contributed by atoms with E-state index in [9.17, 15) is 5.11 Å². The monoisotopic (exact) mass is 252 g/mol. The van der Waals surface area contributed by atoms with Gasteiger partial charge >= 0.3 is 0 Å². The van der Waals surface area contributed by atoms with Crippen LogP contribution in [0.15, 0.2) is 18.2 Å². The zero-order valence-electron chi connectivity index (χ0n) is 11.6. The molecule has 0 aliphatic rings. The van der Waals surface area contributed by atoms with Gasteiger partial charge in [0.05, 0.1) is 7.11 Å². The second-order valence-electron chi connectivity index (χ2n) is 4.68. The minimum absolute atomic E-state index is 0.287. The van der Waals surface area contributed by atoms with Crippen LogP contribution in [-0.4, -0.2) is 44.3 Å². The Bertz CT molecular complexity index is 354. The van der Waals surface area contributed by atoms with Crippen molar-refractivity contribution in [2.75, 3.05) is 34.3 Å². The van der Waals surface area contributed by atoms with Gasteiger partial charge in [-0.05, 0) is 46.1 Å². The Balaban J connectivity index is 2.23. The lowest BCUT2D eigenvalue weighted by atomic mass is 10.2. The minimum atomic E-state index is 0.287. The molecule has 1 rings (SSSR count). The van der Waals surface area contributed by atoms with E-state index in [0.717, 1.165) is 25.1 Å². The average Bonchev–Trinajstić information content (AvgIpc) is 2.34. The molecule has 0 saturated heterocycles. The Labute approximate surface area is 110 Å². The summed E-state index contributed by atoms with van der Waals surface area (Å²) >= 11 is 0. The standard InChI is InChI=1S/C14H24N2O2/c1-16(2)9-5-4-8-15-11-12-6-7-13(18-3)10-14(12)17/h6-7,10,15,17H,4-5,8-9,11H2,1-3H3. The van der Waals surface area contributed by atoms with Gasteiger partial charge in [-0.2, -0.15) is 0 Å². The van der Waals surface area contributed by atoms with Crippen molar-refractivity contribution < 1.29 is 9.84 Å². The second-order valence-corrected chi connectivity index (χ2v) is 4.68. The van der Waals surface area contributed by atoms with Crippen LogP contribution in [0.2, 0.25) is 0 Å². The molecule has 0 atom stereocenters. The number of nitrogens with one attached hydrogen (secondary N) is 1. The molecular weight excluding hydrogens is 228 g/mol. The van der Waals surface area contributed by atoms with Crippen molar-refractivity contribution in [1.82, 2.24) is 10.2 Å². The number of methoxy groups -OCH3 is 1. The highest BCUT2D eigenvalue weighted by Gasteiger charge is 2.02. The predicted molar refractivity (Wildman–Crippen MR) is 74.2 cm³/mol. The number of nitrogens with zero attached hydrogens (tertiary/aromatic N) is 1. The molecule has 1 aromatic rings. The molecule has 0 unspecified atom stereocenters. The van der Waals surface area contributed by atoms with Gasteiger partial charge in [-0.3, -0.25) is 0 Å². The molecular formula is C14H24N2O2. The molecule has 0 bridgehead atoms. The maximum Gasteiger partial charge on any atom is 0.123 e. The first kappa shape index (κ1) is 14.8.